The molecule has 0 fully saturated rings. The topological polar surface area (TPSA) is 32.3 Å². The first-order chi connectivity index (χ1) is 6.61. The van der Waals surface area contributed by atoms with Crippen LogP contribution in [0.25, 0.3) is 0 Å². The number of aliphatic hydroxyl groups excluding tert-OH is 1. The van der Waals surface area contributed by atoms with Gasteiger partial charge in [-0.1, -0.05) is 11.6 Å². The summed E-state index contributed by atoms with van der Waals surface area (Å²) in [6.07, 6.45) is 0. The number of hydrogen-bond acceptors (Lipinski definition) is 2. The highest BCUT2D eigenvalue weighted by Gasteiger charge is 2.19. The predicted octanol–water partition coefficient (Wildman–Crippen LogP) is 1.87. The Hall–Kier alpha value is -0.710. The normalized spacial score (nSPS) is 12.9. The summed E-state index contributed by atoms with van der Waals surface area (Å²) in [4.78, 5) is 0. The Labute approximate surface area is 85.5 Å². The third kappa shape index (κ3) is 2.03. The Bertz CT molecular complexity index is 329. The summed E-state index contributed by atoms with van der Waals surface area (Å²) < 4.78 is 26.2. The van der Waals surface area contributed by atoms with Crippen molar-refractivity contribution >= 4 is 11.6 Å². The molecule has 0 amide bonds. The molecule has 0 saturated heterocycles. The van der Waals surface area contributed by atoms with E-state index in [1.54, 1.807) is 0 Å². The largest absolute Gasteiger partial charge is 0.394 e. The highest BCUT2D eigenvalue weighted by Crippen LogP contribution is 2.27. The number of aliphatic hydroxyl groups is 1. The van der Waals surface area contributed by atoms with E-state index in [4.69, 9.17) is 16.7 Å². The van der Waals surface area contributed by atoms with Crippen molar-refractivity contribution in [2.75, 3.05) is 13.7 Å². The van der Waals surface area contributed by atoms with Gasteiger partial charge in [0.2, 0.25) is 0 Å². The minimum atomic E-state index is -0.697. The molecule has 0 saturated carbocycles. The van der Waals surface area contributed by atoms with Gasteiger partial charge in [-0.3, -0.25) is 0 Å². The Morgan fingerprint density at radius 1 is 1.43 bits per heavy atom. The van der Waals surface area contributed by atoms with Gasteiger partial charge in [0.25, 0.3) is 0 Å². The standard InChI is InChI=1S/C9H10ClF2NO/c1-13-7(4-14)8-5(11)2-3-6(12)9(8)10/h2-3,7,13-14H,4H2,1H3. The molecular formula is C9H10ClF2NO. The molecule has 0 bridgehead atoms. The number of likely N-dealkylation sites (N-methyl/N-ethyl adjacent to an activating group) is 1. The molecule has 2 N–H and O–H groups in total. The molecule has 78 valence electrons. The minimum absolute atomic E-state index is 0.0448. The number of hydrogen-bond donors (Lipinski definition) is 2. The van der Waals surface area contributed by atoms with Gasteiger partial charge < -0.3 is 10.4 Å². The summed E-state index contributed by atoms with van der Waals surface area (Å²) in [5.74, 6) is -1.33. The van der Waals surface area contributed by atoms with E-state index in [9.17, 15) is 8.78 Å². The average Bonchev–Trinajstić information content (AvgIpc) is 2.19. The maximum absolute atomic E-state index is 13.3. The van der Waals surface area contributed by atoms with Gasteiger partial charge in [-0.2, -0.15) is 0 Å². The van der Waals surface area contributed by atoms with Gasteiger partial charge in [0.1, 0.15) is 11.6 Å². The first-order valence-electron chi connectivity index (χ1n) is 4.03. The van der Waals surface area contributed by atoms with Crippen molar-refractivity contribution in [1.29, 1.82) is 0 Å². The fourth-order valence-electron chi connectivity index (χ4n) is 1.19. The van der Waals surface area contributed by atoms with Gasteiger partial charge in [-0.05, 0) is 19.2 Å². The molecule has 14 heavy (non-hydrogen) atoms. The molecule has 0 heterocycles. The van der Waals surface area contributed by atoms with Crippen LogP contribution in [0.5, 0.6) is 0 Å². The second kappa shape index (κ2) is 4.68. The molecular weight excluding hydrogens is 212 g/mol. The molecule has 0 aliphatic carbocycles. The maximum atomic E-state index is 13.3. The van der Waals surface area contributed by atoms with Crippen LogP contribution in [0, 0.1) is 11.6 Å². The van der Waals surface area contributed by atoms with Crippen molar-refractivity contribution in [3.8, 4) is 0 Å². The quantitative estimate of drug-likeness (QED) is 0.764. The summed E-state index contributed by atoms with van der Waals surface area (Å²) in [5.41, 5.74) is -0.0448. The smallest absolute Gasteiger partial charge is 0.142 e. The Balaban J connectivity index is 3.23. The zero-order chi connectivity index (χ0) is 10.7. The van der Waals surface area contributed by atoms with Crippen LogP contribution in [-0.2, 0) is 0 Å². The molecule has 1 unspecified atom stereocenters. The van der Waals surface area contributed by atoms with Gasteiger partial charge in [0.15, 0.2) is 0 Å². The predicted molar refractivity (Wildman–Crippen MR) is 50.3 cm³/mol. The lowest BCUT2D eigenvalue weighted by Crippen LogP contribution is -2.21. The van der Waals surface area contributed by atoms with Crippen LogP contribution in [0.2, 0.25) is 5.02 Å². The lowest BCUT2D eigenvalue weighted by atomic mass is 10.1. The molecule has 1 aromatic carbocycles. The molecule has 1 aromatic rings. The van der Waals surface area contributed by atoms with Crippen LogP contribution in [0.4, 0.5) is 8.78 Å². The monoisotopic (exact) mass is 221 g/mol. The highest BCUT2D eigenvalue weighted by atomic mass is 35.5. The van der Waals surface area contributed by atoms with Crippen LogP contribution >= 0.6 is 11.6 Å². The Morgan fingerprint density at radius 3 is 2.50 bits per heavy atom. The van der Waals surface area contributed by atoms with Crippen LogP contribution in [0.1, 0.15) is 11.6 Å². The van der Waals surface area contributed by atoms with Crippen molar-refractivity contribution < 1.29 is 13.9 Å². The first-order valence-corrected chi connectivity index (χ1v) is 4.41. The Kier molecular flexibility index (Phi) is 3.80. The summed E-state index contributed by atoms with van der Waals surface area (Å²) >= 11 is 5.58. The summed E-state index contributed by atoms with van der Waals surface area (Å²) in [6, 6.07) is 1.24. The van der Waals surface area contributed by atoms with E-state index in [0.717, 1.165) is 12.1 Å². The van der Waals surface area contributed by atoms with Crippen molar-refractivity contribution in [3.63, 3.8) is 0 Å². The number of rotatable bonds is 3. The number of benzene rings is 1. The van der Waals surface area contributed by atoms with E-state index in [1.165, 1.54) is 7.05 Å². The zero-order valence-corrected chi connectivity index (χ0v) is 8.28. The molecule has 0 radical (unpaired) electrons. The molecule has 5 heteroatoms. The van der Waals surface area contributed by atoms with Gasteiger partial charge in [-0.15, -0.1) is 0 Å². The second-order valence-corrected chi connectivity index (χ2v) is 3.16. The molecule has 0 aliphatic rings. The van der Waals surface area contributed by atoms with E-state index >= 15 is 0 Å². The Morgan fingerprint density at radius 2 is 2.00 bits per heavy atom. The van der Waals surface area contributed by atoms with Crippen LogP contribution in [-0.4, -0.2) is 18.8 Å². The number of nitrogens with one attached hydrogen (secondary N) is 1. The average molecular weight is 222 g/mol. The number of halogens is 3. The van der Waals surface area contributed by atoms with Crippen molar-refractivity contribution in [2.24, 2.45) is 0 Å². The molecule has 1 atom stereocenters. The summed E-state index contributed by atoms with van der Waals surface area (Å²) in [5, 5.41) is 11.3. The molecule has 2 nitrogen and oxygen atoms in total. The van der Waals surface area contributed by atoms with Gasteiger partial charge in [0, 0.05) is 5.56 Å². The van der Waals surface area contributed by atoms with E-state index in [1.807, 2.05) is 0 Å². The SMILES string of the molecule is CNC(CO)c1c(F)ccc(F)c1Cl. The highest BCUT2D eigenvalue weighted by molar-refractivity contribution is 6.31. The van der Waals surface area contributed by atoms with E-state index in [-0.39, 0.29) is 17.2 Å². The zero-order valence-electron chi connectivity index (χ0n) is 7.52. The van der Waals surface area contributed by atoms with E-state index < -0.39 is 17.7 Å². The lowest BCUT2D eigenvalue weighted by Gasteiger charge is -2.16. The van der Waals surface area contributed by atoms with E-state index in [2.05, 4.69) is 5.32 Å². The molecule has 0 aliphatic heterocycles. The lowest BCUT2D eigenvalue weighted by molar-refractivity contribution is 0.247. The third-order valence-corrected chi connectivity index (χ3v) is 2.34. The first kappa shape index (κ1) is 11.4. The van der Waals surface area contributed by atoms with Crippen molar-refractivity contribution in [3.05, 3.63) is 34.4 Å². The molecule has 1 rings (SSSR count). The third-order valence-electron chi connectivity index (χ3n) is 1.96. The second-order valence-electron chi connectivity index (χ2n) is 2.78. The van der Waals surface area contributed by atoms with Crippen LogP contribution in [0.15, 0.2) is 12.1 Å². The van der Waals surface area contributed by atoms with Crippen molar-refractivity contribution in [1.82, 2.24) is 5.32 Å². The fraction of sp³-hybridized carbons (Fsp3) is 0.333. The minimum Gasteiger partial charge on any atom is -0.394 e. The maximum Gasteiger partial charge on any atom is 0.142 e. The van der Waals surface area contributed by atoms with Gasteiger partial charge in [0.05, 0.1) is 17.7 Å². The molecule has 0 spiro atoms. The summed E-state index contributed by atoms with van der Waals surface area (Å²) in [7, 11) is 1.53. The van der Waals surface area contributed by atoms with Gasteiger partial charge in [-0.25, -0.2) is 8.78 Å². The summed E-state index contributed by atoms with van der Waals surface area (Å²) in [6.45, 7) is -0.351. The molecule has 0 aromatic heterocycles. The van der Waals surface area contributed by atoms with Gasteiger partial charge >= 0.3 is 0 Å². The van der Waals surface area contributed by atoms with Crippen molar-refractivity contribution in [2.45, 2.75) is 6.04 Å². The van der Waals surface area contributed by atoms with Crippen LogP contribution in [0.3, 0.4) is 0 Å². The van der Waals surface area contributed by atoms with E-state index in [0.29, 0.717) is 0 Å². The van der Waals surface area contributed by atoms with Crippen LogP contribution < -0.4 is 5.32 Å². The fourth-order valence-corrected chi connectivity index (χ4v) is 1.47.